The molecule has 0 aliphatic heterocycles. The number of halogens is 1. The van der Waals surface area contributed by atoms with Crippen LogP contribution in [0.1, 0.15) is 52.5 Å². The van der Waals surface area contributed by atoms with Crippen molar-refractivity contribution in [1.29, 1.82) is 0 Å². The summed E-state index contributed by atoms with van der Waals surface area (Å²) in [5.74, 6) is 0. The van der Waals surface area contributed by atoms with Crippen LogP contribution in [0.3, 0.4) is 0 Å². The Labute approximate surface area is 122 Å². The molecule has 106 valence electrons. The molecule has 0 aromatic heterocycles. The van der Waals surface area contributed by atoms with Gasteiger partial charge in [0.15, 0.2) is 0 Å². The Kier molecular flexibility index (Phi) is 3.88. The Morgan fingerprint density at radius 1 is 1.11 bits per heavy atom. The molecule has 0 amide bonds. The van der Waals surface area contributed by atoms with Crippen LogP contribution in [0, 0.1) is 17.8 Å². The molecule has 1 aromatic carbocycles. The number of benzene rings is 1. The molecular weight excluding hydrogens is 254 g/mol. The van der Waals surface area contributed by atoms with Gasteiger partial charge >= 0.3 is 0 Å². The molecule has 1 aromatic rings. The lowest BCUT2D eigenvalue weighted by molar-refractivity contribution is 0.105. The number of hydrogen-bond acceptors (Lipinski definition) is 1. The summed E-state index contributed by atoms with van der Waals surface area (Å²) in [5, 5.41) is 4.54. The van der Waals surface area contributed by atoms with Gasteiger partial charge in [-0.25, -0.2) is 0 Å². The first kappa shape index (κ1) is 14.7. The van der Waals surface area contributed by atoms with Crippen LogP contribution in [0.5, 0.6) is 0 Å². The Morgan fingerprint density at radius 2 is 1.68 bits per heavy atom. The van der Waals surface area contributed by atoms with Gasteiger partial charge in [-0.3, -0.25) is 0 Å². The molecule has 19 heavy (non-hydrogen) atoms. The van der Waals surface area contributed by atoms with Crippen molar-refractivity contribution in [3.8, 4) is 0 Å². The Balaban J connectivity index is 2.14. The molecule has 0 spiro atoms. The maximum Gasteiger partial charge on any atom is 0.0410 e. The highest BCUT2D eigenvalue weighted by molar-refractivity contribution is 6.30. The third-order valence-corrected chi connectivity index (χ3v) is 4.34. The van der Waals surface area contributed by atoms with Crippen LogP contribution in [0.15, 0.2) is 18.2 Å². The third-order valence-electron chi connectivity index (χ3n) is 4.10. The minimum absolute atomic E-state index is 0.416. The molecule has 0 unspecified atom stereocenters. The van der Waals surface area contributed by atoms with E-state index in [-0.39, 0.29) is 0 Å². The average Bonchev–Trinajstić information content (AvgIpc) is 2.17. The van der Waals surface area contributed by atoms with E-state index in [9.17, 15) is 0 Å². The lowest BCUT2D eigenvalue weighted by Gasteiger charge is -2.45. The number of rotatable bonds is 2. The Morgan fingerprint density at radius 3 is 2.21 bits per heavy atom. The average molecular weight is 280 g/mol. The van der Waals surface area contributed by atoms with E-state index < -0.39 is 0 Å². The predicted octanol–water partition coefficient (Wildman–Crippen LogP) is 5.67. The van der Waals surface area contributed by atoms with Crippen LogP contribution in [0.2, 0.25) is 5.02 Å². The van der Waals surface area contributed by atoms with Crippen molar-refractivity contribution in [3.63, 3.8) is 0 Å². The quantitative estimate of drug-likeness (QED) is 0.736. The molecule has 0 bridgehead atoms. The summed E-state index contributed by atoms with van der Waals surface area (Å²) in [6.07, 6.45) is 3.77. The minimum Gasteiger partial charge on any atom is -0.382 e. The summed E-state index contributed by atoms with van der Waals surface area (Å²) in [6.45, 7) is 11.7. The first-order valence-electron chi connectivity index (χ1n) is 7.20. The van der Waals surface area contributed by atoms with Crippen molar-refractivity contribution in [2.75, 3.05) is 5.32 Å². The van der Waals surface area contributed by atoms with Gasteiger partial charge in [-0.15, -0.1) is 0 Å². The lowest BCUT2D eigenvalue weighted by Crippen LogP contribution is -2.40. The first-order valence-corrected chi connectivity index (χ1v) is 7.57. The molecule has 0 heterocycles. The van der Waals surface area contributed by atoms with Crippen molar-refractivity contribution in [1.82, 2.24) is 0 Å². The molecule has 0 atom stereocenters. The predicted molar refractivity (Wildman–Crippen MR) is 85.0 cm³/mol. The standard InChI is InChI=1S/C17H26ClN/c1-12-8-13(18)6-7-15(12)19-14-9-16(2,3)11-17(4,5)10-14/h6-8,14,19H,9-11H2,1-5H3. The molecule has 1 nitrogen and oxygen atoms in total. The van der Waals surface area contributed by atoms with Crippen molar-refractivity contribution >= 4 is 17.3 Å². The molecule has 1 saturated carbocycles. The summed E-state index contributed by atoms with van der Waals surface area (Å²) >= 11 is 6.02. The molecule has 2 heteroatoms. The number of nitrogens with one attached hydrogen (secondary N) is 1. The van der Waals surface area contributed by atoms with Crippen molar-refractivity contribution < 1.29 is 0 Å². The van der Waals surface area contributed by atoms with Gasteiger partial charge < -0.3 is 5.32 Å². The molecule has 1 aliphatic carbocycles. The number of anilines is 1. The van der Waals surface area contributed by atoms with E-state index in [0.29, 0.717) is 16.9 Å². The van der Waals surface area contributed by atoms with E-state index in [2.05, 4.69) is 46.0 Å². The number of hydrogen-bond donors (Lipinski definition) is 1. The fourth-order valence-corrected chi connectivity index (χ4v) is 4.18. The van der Waals surface area contributed by atoms with Crippen molar-refractivity contribution in [3.05, 3.63) is 28.8 Å². The van der Waals surface area contributed by atoms with Gasteiger partial charge in [0.2, 0.25) is 0 Å². The van der Waals surface area contributed by atoms with Gasteiger partial charge in [0.25, 0.3) is 0 Å². The van der Waals surface area contributed by atoms with E-state index in [1.54, 1.807) is 0 Å². The Hall–Kier alpha value is -0.690. The summed E-state index contributed by atoms with van der Waals surface area (Å²) in [6, 6.07) is 6.66. The van der Waals surface area contributed by atoms with E-state index in [1.807, 2.05) is 12.1 Å². The summed E-state index contributed by atoms with van der Waals surface area (Å²) < 4.78 is 0. The first-order chi connectivity index (χ1) is 8.67. The monoisotopic (exact) mass is 279 g/mol. The summed E-state index contributed by atoms with van der Waals surface area (Å²) in [4.78, 5) is 0. The fourth-order valence-electron chi connectivity index (χ4n) is 3.96. The Bertz CT molecular complexity index is 446. The number of aryl methyl sites for hydroxylation is 1. The van der Waals surface area contributed by atoms with E-state index in [4.69, 9.17) is 11.6 Å². The van der Waals surface area contributed by atoms with Gasteiger partial charge in [0.1, 0.15) is 0 Å². The van der Waals surface area contributed by atoms with E-state index in [1.165, 1.54) is 30.5 Å². The van der Waals surface area contributed by atoms with Gasteiger partial charge in [-0.05, 0) is 60.8 Å². The molecule has 1 N–H and O–H groups in total. The van der Waals surface area contributed by atoms with E-state index in [0.717, 1.165) is 5.02 Å². The normalized spacial score (nSPS) is 22.2. The molecule has 1 fully saturated rings. The van der Waals surface area contributed by atoms with Crippen LogP contribution in [-0.2, 0) is 0 Å². The molecule has 1 aliphatic rings. The lowest BCUT2D eigenvalue weighted by atomic mass is 9.63. The van der Waals surface area contributed by atoms with Crippen LogP contribution >= 0.6 is 11.6 Å². The third kappa shape index (κ3) is 3.89. The minimum atomic E-state index is 0.416. The highest BCUT2D eigenvalue weighted by Crippen LogP contribution is 2.46. The summed E-state index contributed by atoms with van der Waals surface area (Å²) in [5.41, 5.74) is 3.29. The molecule has 2 rings (SSSR count). The zero-order chi connectivity index (χ0) is 14.3. The topological polar surface area (TPSA) is 12.0 Å². The van der Waals surface area contributed by atoms with E-state index >= 15 is 0 Å². The molecule has 0 saturated heterocycles. The van der Waals surface area contributed by atoms with Gasteiger partial charge in [0, 0.05) is 16.8 Å². The second kappa shape index (κ2) is 5.01. The smallest absolute Gasteiger partial charge is 0.0410 e. The maximum absolute atomic E-state index is 6.02. The molecule has 0 radical (unpaired) electrons. The van der Waals surface area contributed by atoms with Gasteiger partial charge in [0.05, 0.1) is 0 Å². The van der Waals surface area contributed by atoms with Crippen molar-refractivity contribution in [2.24, 2.45) is 10.8 Å². The van der Waals surface area contributed by atoms with Gasteiger partial charge in [-0.1, -0.05) is 39.3 Å². The maximum atomic E-state index is 6.02. The second-order valence-electron chi connectivity index (χ2n) is 7.71. The van der Waals surface area contributed by atoms with Crippen LogP contribution < -0.4 is 5.32 Å². The van der Waals surface area contributed by atoms with Crippen LogP contribution in [-0.4, -0.2) is 6.04 Å². The van der Waals surface area contributed by atoms with Gasteiger partial charge in [-0.2, -0.15) is 0 Å². The largest absolute Gasteiger partial charge is 0.382 e. The zero-order valence-electron chi connectivity index (χ0n) is 12.8. The fraction of sp³-hybridized carbons (Fsp3) is 0.647. The van der Waals surface area contributed by atoms with Crippen LogP contribution in [0.4, 0.5) is 5.69 Å². The van der Waals surface area contributed by atoms with Crippen molar-refractivity contribution in [2.45, 2.75) is 59.9 Å². The highest BCUT2D eigenvalue weighted by Gasteiger charge is 2.38. The summed E-state index contributed by atoms with van der Waals surface area (Å²) in [7, 11) is 0. The zero-order valence-corrected chi connectivity index (χ0v) is 13.6. The highest BCUT2D eigenvalue weighted by atomic mass is 35.5. The van der Waals surface area contributed by atoms with Crippen LogP contribution in [0.25, 0.3) is 0 Å². The molecular formula is C17H26ClN. The second-order valence-corrected chi connectivity index (χ2v) is 8.15. The SMILES string of the molecule is Cc1cc(Cl)ccc1NC1CC(C)(C)CC(C)(C)C1.